The zero-order valence-electron chi connectivity index (χ0n) is 13.0. The number of fused-ring (bicyclic) bond motifs is 1. The van der Waals surface area contributed by atoms with Gasteiger partial charge in [0.15, 0.2) is 0 Å². The third kappa shape index (κ3) is 2.75. The number of hydrogen-bond acceptors (Lipinski definition) is 6. The van der Waals surface area contributed by atoms with Gasteiger partial charge in [-0.15, -0.1) is 34.0 Å². The first-order chi connectivity index (χ1) is 11.6. The molecule has 1 aromatic carbocycles. The van der Waals surface area contributed by atoms with Crippen LogP contribution in [0.25, 0.3) is 20.8 Å². The van der Waals surface area contributed by atoms with Crippen LogP contribution >= 0.6 is 34.0 Å². The van der Waals surface area contributed by atoms with Crippen molar-refractivity contribution in [2.24, 2.45) is 0 Å². The van der Waals surface area contributed by atoms with Crippen molar-refractivity contribution < 1.29 is 4.79 Å². The summed E-state index contributed by atoms with van der Waals surface area (Å²) in [5.41, 5.74) is 2.72. The average molecular weight is 372 g/mol. The van der Waals surface area contributed by atoms with Gasteiger partial charge in [0.1, 0.15) is 14.9 Å². The Kier molecular flexibility index (Phi) is 3.91. The van der Waals surface area contributed by atoms with Gasteiger partial charge in [-0.25, -0.2) is 9.97 Å². The number of nitrogens with one attached hydrogen (secondary N) is 1. The second-order valence-electron chi connectivity index (χ2n) is 5.25. The van der Waals surface area contributed by atoms with Crippen LogP contribution in [0, 0.1) is 13.8 Å². The van der Waals surface area contributed by atoms with Crippen LogP contribution in [0.2, 0.25) is 0 Å². The quantitative estimate of drug-likeness (QED) is 0.528. The van der Waals surface area contributed by atoms with Gasteiger partial charge in [0.05, 0.1) is 20.9 Å². The summed E-state index contributed by atoms with van der Waals surface area (Å²) in [7, 11) is 0. The van der Waals surface area contributed by atoms with Crippen LogP contribution in [-0.2, 0) is 0 Å². The number of amides is 1. The summed E-state index contributed by atoms with van der Waals surface area (Å²) in [5, 5.41) is 7.64. The number of carbonyl (C=O) groups is 1. The van der Waals surface area contributed by atoms with Crippen molar-refractivity contribution in [3.05, 3.63) is 51.3 Å². The number of hydrogen-bond donors (Lipinski definition) is 1. The fraction of sp³-hybridized carbons (Fsp3) is 0.118. The molecule has 3 heterocycles. The van der Waals surface area contributed by atoms with Gasteiger partial charge in [0.2, 0.25) is 0 Å². The summed E-state index contributed by atoms with van der Waals surface area (Å²) >= 11 is 4.56. The van der Waals surface area contributed by atoms with E-state index in [1.807, 2.05) is 43.5 Å². The van der Waals surface area contributed by atoms with E-state index in [4.69, 9.17) is 0 Å². The number of nitrogens with zero attached hydrogens (tertiary/aromatic N) is 2. The lowest BCUT2D eigenvalue weighted by Crippen LogP contribution is -2.11. The lowest BCUT2D eigenvalue weighted by atomic mass is 10.3. The Bertz CT molecular complexity index is 1010. The summed E-state index contributed by atoms with van der Waals surface area (Å²) in [6.07, 6.45) is 0. The van der Waals surface area contributed by atoms with Crippen molar-refractivity contribution in [1.82, 2.24) is 9.97 Å². The first-order valence-electron chi connectivity index (χ1n) is 7.30. The van der Waals surface area contributed by atoms with Crippen LogP contribution in [0.3, 0.4) is 0 Å². The third-order valence-corrected chi connectivity index (χ3v) is 6.50. The highest BCUT2D eigenvalue weighted by Gasteiger charge is 2.18. The van der Waals surface area contributed by atoms with Gasteiger partial charge < -0.3 is 5.32 Å². The second kappa shape index (κ2) is 6.08. The summed E-state index contributed by atoms with van der Waals surface area (Å²) in [6, 6.07) is 10.1. The van der Waals surface area contributed by atoms with Gasteiger partial charge in [0.25, 0.3) is 5.91 Å². The van der Waals surface area contributed by atoms with E-state index in [-0.39, 0.29) is 5.91 Å². The lowest BCUT2D eigenvalue weighted by Gasteiger charge is -2.03. The molecule has 0 fully saturated rings. The van der Waals surface area contributed by atoms with E-state index in [0.717, 1.165) is 36.5 Å². The molecule has 0 aliphatic carbocycles. The van der Waals surface area contributed by atoms with Crippen LogP contribution in [0.15, 0.2) is 35.7 Å². The Hall–Kier alpha value is -2.09. The SMILES string of the molecule is Cc1nc(C)c(C(=O)Nc2sccc2-c2nc3ccccc3s2)s1. The Morgan fingerprint density at radius 2 is 1.92 bits per heavy atom. The molecule has 120 valence electrons. The zero-order valence-corrected chi connectivity index (χ0v) is 15.4. The van der Waals surface area contributed by atoms with Crippen LogP contribution < -0.4 is 5.32 Å². The molecule has 0 aliphatic rings. The number of thiazole rings is 2. The van der Waals surface area contributed by atoms with Crippen molar-refractivity contribution in [1.29, 1.82) is 0 Å². The number of aromatic nitrogens is 2. The van der Waals surface area contributed by atoms with Gasteiger partial charge in [-0.3, -0.25) is 4.79 Å². The molecule has 0 unspecified atom stereocenters. The number of thiophene rings is 1. The number of carbonyl (C=O) groups excluding carboxylic acids is 1. The van der Waals surface area contributed by atoms with Crippen molar-refractivity contribution in [3.63, 3.8) is 0 Å². The Morgan fingerprint density at radius 3 is 2.67 bits per heavy atom. The molecule has 0 aliphatic heterocycles. The van der Waals surface area contributed by atoms with Crippen molar-refractivity contribution in [2.75, 3.05) is 5.32 Å². The summed E-state index contributed by atoms with van der Waals surface area (Å²) in [4.78, 5) is 22.2. The molecule has 0 saturated carbocycles. The number of anilines is 1. The fourth-order valence-electron chi connectivity index (χ4n) is 2.46. The Labute approximate surface area is 150 Å². The monoisotopic (exact) mass is 371 g/mol. The largest absolute Gasteiger partial charge is 0.312 e. The maximum absolute atomic E-state index is 12.6. The maximum atomic E-state index is 12.6. The predicted molar refractivity (Wildman–Crippen MR) is 102 cm³/mol. The number of para-hydroxylation sites is 1. The second-order valence-corrected chi connectivity index (χ2v) is 8.40. The minimum Gasteiger partial charge on any atom is -0.312 e. The third-order valence-electron chi connectivity index (χ3n) is 3.53. The first-order valence-corrected chi connectivity index (χ1v) is 9.82. The van der Waals surface area contributed by atoms with E-state index < -0.39 is 0 Å². The van der Waals surface area contributed by atoms with E-state index in [9.17, 15) is 4.79 Å². The summed E-state index contributed by atoms with van der Waals surface area (Å²) in [6.45, 7) is 3.77. The molecule has 0 bridgehead atoms. The molecule has 0 radical (unpaired) electrons. The molecule has 4 nitrogen and oxygen atoms in total. The molecule has 4 aromatic rings. The summed E-state index contributed by atoms with van der Waals surface area (Å²) in [5.74, 6) is -0.108. The molecule has 1 N–H and O–H groups in total. The molecule has 3 aromatic heterocycles. The van der Waals surface area contributed by atoms with Crippen molar-refractivity contribution >= 4 is 55.1 Å². The highest BCUT2D eigenvalue weighted by Crippen LogP contribution is 2.38. The number of benzene rings is 1. The van der Waals surface area contributed by atoms with Crippen LogP contribution in [0.4, 0.5) is 5.00 Å². The van der Waals surface area contributed by atoms with E-state index >= 15 is 0 Å². The van der Waals surface area contributed by atoms with Crippen molar-refractivity contribution in [3.8, 4) is 10.6 Å². The highest BCUT2D eigenvalue weighted by atomic mass is 32.1. The van der Waals surface area contributed by atoms with Crippen molar-refractivity contribution in [2.45, 2.75) is 13.8 Å². The van der Waals surface area contributed by atoms with E-state index in [1.54, 1.807) is 11.3 Å². The Balaban J connectivity index is 1.67. The van der Waals surface area contributed by atoms with E-state index in [1.165, 1.54) is 22.7 Å². The zero-order chi connectivity index (χ0) is 16.7. The molecule has 1 amide bonds. The van der Waals surface area contributed by atoms with Crippen LogP contribution in [0.5, 0.6) is 0 Å². The molecule has 24 heavy (non-hydrogen) atoms. The molecule has 7 heteroatoms. The van der Waals surface area contributed by atoms with Gasteiger partial charge >= 0.3 is 0 Å². The predicted octanol–water partition coefficient (Wildman–Crippen LogP) is 5.35. The standard InChI is InChI=1S/C17H13N3OS3/c1-9-14(23-10(2)18-9)15(21)20-16-11(7-8-22-16)17-19-12-5-3-4-6-13(12)24-17/h3-8H,1-2H3,(H,20,21). The Morgan fingerprint density at radius 1 is 1.08 bits per heavy atom. The van der Waals surface area contributed by atoms with E-state index in [2.05, 4.69) is 21.4 Å². The van der Waals surface area contributed by atoms with Gasteiger partial charge in [-0.2, -0.15) is 0 Å². The minimum atomic E-state index is -0.108. The van der Waals surface area contributed by atoms with Gasteiger partial charge in [-0.05, 0) is 37.4 Å². The fourth-order valence-corrected chi connectivity index (χ4v) is 5.12. The molecular weight excluding hydrogens is 358 g/mol. The average Bonchev–Trinajstić information content (AvgIpc) is 3.24. The molecule has 0 atom stereocenters. The van der Waals surface area contributed by atoms with Crippen LogP contribution in [-0.4, -0.2) is 15.9 Å². The highest BCUT2D eigenvalue weighted by molar-refractivity contribution is 7.22. The lowest BCUT2D eigenvalue weighted by molar-refractivity contribution is 0.103. The maximum Gasteiger partial charge on any atom is 0.268 e. The van der Waals surface area contributed by atoms with Gasteiger partial charge in [0, 0.05) is 5.56 Å². The minimum absolute atomic E-state index is 0.108. The normalized spacial score (nSPS) is 11.1. The number of aryl methyl sites for hydroxylation is 2. The van der Waals surface area contributed by atoms with Gasteiger partial charge in [-0.1, -0.05) is 12.1 Å². The molecular formula is C17H13N3OS3. The molecule has 0 saturated heterocycles. The van der Waals surface area contributed by atoms with Crippen LogP contribution in [0.1, 0.15) is 20.4 Å². The number of rotatable bonds is 3. The molecule has 4 rings (SSSR count). The summed E-state index contributed by atoms with van der Waals surface area (Å²) < 4.78 is 1.14. The molecule has 0 spiro atoms. The smallest absolute Gasteiger partial charge is 0.268 e. The topological polar surface area (TPSA) is 54.9 Å². The first kappa shape index (κ1) is 15.4. The van der Waals surface area contributed by atoms with E-state index in [0.29, 0.717) is 4.88 Å².